The zero-order valence-electron chi connectivity index (χ0n) is 10.7. The molecular formula is C14H12ClNO4. The highest BCUT2D eigenvalue weighted by atomic mass is 35.5. The molecule has 5 nitrogen and oxygen atoms in total. The van der Waals surface area contributed by atoms with Gasteiger partial charge in [0.2, 0.25) is 0 Å². The Morgan fingerprint density at radius 3 is 2.80 bits per heavy atom. The zero-order chi connectivity index (χ0) is 14.5. The molecule has 0 aliphatic rings. The van der Waals surface area contributed by atoms with E-state index >= 15 is 0 Å². The largest absolute Gasteiger partial charge is 0.504 e. The van der Waals surface area contributed by atoms with Crippen LogP contribution in [0.2, 0.25) is 5.15 Å². The minimum atomic E-state index is -0.642. The highest BCUT2D eigenvalue weighted by Gasteiger charge is 2.16. The number of benzene rings is 1. The first kappa shape index (κ1) is 14.1. The van der Waals surface area contributed by atoms with E-state index in [9.17, 15) is 9.90 Å². The van der Waals surface area contributed by atoms with Gasteiger partial charge in [-0.05, 0) is 18.2 Å². The Balaban J connectivity index is 2.07. The maximum Gasteiger partial charge on any atom is 0.342 e. The molecule has 0 aliphatic carbocycles. The molecule has 1 N–H and O–H groups in total. The summed E-state index contributed by atoms with van der Waals surface area (Å²) in [6, 6.07) is 7.91. The number of carbonyl (C=O) groups is 1. The second-order valence-electron chi connectivity index (χ2n) is 3.92. The third-order valence-corrected chi connectivity index (χ3v) is 2.82. The van der Waals surface area contributed by atoms with Crippen molar-refractivity contribution in [3.8, 4) is 11.5 Å². The van der Waals surface area contributed by atoms with Crippen LogP contribution in [0.15, 0.2) is 36.5 Å². The van der Waals surface area contributed by atoms with Gasteiger partial charge in [0.25, 0.3) is 0 Å². The number of hydrogen-bond acceptors (Lipinski definition) is 5. The predicted octanol–water partition coefficient (Wildman–Crippen LogP) is 2.81. The monoisotopic (exact) mass is 293 g/mol. The molecule has 0 unspecified atom stereocenters. The highest BCUT2D eigenvalue weighted by molar-refractivity contribution is 6.29. The van der Waals surface area contributed by atoms with Crippen LogP contribution >= 0.6 is 11.6 Å². The number of rotatable bonds is 4. The molecule has 0 atom stereocenters. The fourth-order valence-corrected chi connectivity index (χ4v) is 1.68. The molecule has 0 spiro atoms. The van der Waals surface area contributed by atoms with Gasteiger partial charge in [-0.2, -0.15) is 0 Å². The predicted molar refractivity (Wildman–Crippen MR) is 73.0 cm³/mol. The van der Waals surface area contributed by atoms with Gasteiger partial charge in [-0.3, -0.25) is 0 Å². The van der Waals surface area contributed by atoms with Gasteiger partial charge < -0.3 is 14.6 Å². The standard InChI is InChI=1S/C14H12ClNO4/c1-19-11-4-2-3-10(13(11)17)14(18)20-8-9-5-6-12(15)16-7-9/h2-7,17H,8H2,1H3. The Kier molecular flexibility index (Phi) is 4.42. The number of methoxy groups -OCH3 is 1. The molecule has 1 aromatic heterocycles. The first-order valence-electron chi connectivity index (χ1n) is 5.75. The van der Waals surface area contributed by atoms with Crippen molar-refractivity contribution in [2.45, 2.75) is 6.61 Å². The van der Waals surface area contributed by atoms with Crippen molar-refractivity contribution in [1.29, 1.82) is 0 Å². The summed E-state index contributed by atoms with van der Waals surface area (Å²) in [5, 5.41) is 10.2. The summed E-state index contributed by atoms with van der Waals surface area (Å²) >= 11 is 5.66. The maximum absolute atomic E-state index is 11.9. The second-order valence-corrected chi connectivity index (χ2v) is 4.31. The molecule has 1 aromatic carbocycles. The van der Waals surface area contributed by atoms with E-state index in [1.807, 2.05) is 0 Å². The Morgan fingerprint density at radius 2 is 2.15 bits per heavy atom. The molecule has 0 fully saturated rings. The van der Waals surface area contributed by atoms with Crippen molar-refractivity contribution in [3.63, 3.8) is 0 Å². The number of pyridine rings is 1. The van der Waals surface area contributed by atoms with Crippen LogP contribution in [-0.4, -0.2) is 23.2 Å². The Labute approximate surface area is 120 Å². The maximum atomic E-state index is 11.9. The fourth-order valence-electron chi connectivity index (χ4n) is 1.57. The van der Waals surface area contributed by atoms with Gasteiger partial charge in [-0.1, -0.05) is 23.7 Å². The molecule has 104 valence electrons. The Morgan fingerprint density at radius 1 is 1.35 bits per heavy atom. The smallest absolute Gasteiger partial charge is 0.342 e. The number of ether oxygens (including phenoxy) is 2. The van der Waals surface area contributed by atoms with Crippen LogP contribution in [0.4, 0.5) is 0 Å². The summed E-state index contributed by atoms with van der Waals surface area (Å²) in [6.07, 6.45) is 1.51. The molecule has 0 aliphatic heterocycles. The number of hydrogen-bond donors (Lipinski definition) is 1. The Bertz CT molecular complexity index is 613. The lowest BCUT2D eigenvalue weighted by Gasteiger charge is -2.08. The van der Waals surface area contributed by atoms with E-state index in [1.165, 1.54) is 19.4 Å². The van der Waals surface area contributed by atoms with Crippen molar-refractivity contribution < 1.29 is 19.4 Å². The topological polar surface area (TPSA) is 68.7 Å². The summed E-state index contributed by atoms with van der Waals surface area (Å²) in [7, 11) is 1.41. The van der Waals surface area contributed by atoms with E-state index in [1.54, 1.807) is 24.3 Å². The molecule has 20 heavy (non-hydrogen) atoms. The number of phenols is 1. The number of aromatic nitrogens is 1. The van der Waals surface area contributed by atoms with Crippen molar-refractivity contribution in [2.24, 2.45) is 0 Å². The van der Waals surface area contributed by atoms with Gasteiger partial charge in [-0.15, -0.1) is 0 Å². The average molecular weight is 294 g/mol. The number of phenolic OH excluding ortho intramolecular Hbond substituents is 1. The fraction of sp³-hybridized carbons (Fsp3) is 0.143. The second kappa shape index (κ2) is 6.25. The van der Waals surface area contributed by atoms with Crippen molar-refractivity contribution in [1.82, 2.24) is 4.98 Å². The van der Waals surface area contributed by atoms with Crippen LogP contribution in [0.3, 0.4) is 0 Å². The lowest BCUT2D eigenvalue weighted by molar-refractivity contribution is 0.0468. The van der Waals surface area contributed by atoms with E-state index in [4.69, 9.17) is 21.1 Å². The number of aromatic hydroxyl groups is 1. The first-order valence-corrected chi connectivity index (χ1v) is 6.13. The van der Waals surface area contributed by atoms with E-state index < -0.39 is 5.97 Å². The highest BCUT2D eigenvalue weighted by Crippen LogP contribution is 2.29. The molecule has 0 saturated heterocycles. The molecule has 2 rings (SSSR count). The molecule has 0 saturated carbocycles. The Hall–Kier alpha value is -2.27. The number of carbonyl (C=O) groups excluding carboxylic acids is 1. The lowest BCUT2D eigenvalue weighted by atomic mass is 10.2. The molecule has 0 radical (unpaired) electrons. The number of halogens is 1. The average Bonchev–Trinajstić information content (AvgIpc) is 2.46. The van der Waals surface area contributed by atoms with Crippen molar-refractivity contribution >= 4 is 17.6 Å². The van der Waals surface area contributed by atoms with E-state index in [0.717, 1.165) is 0 Å². The molecule has 6 heteroatoms. The normalized spacial score (nSPS) is 10.1. The SMILES string of the molecule is COc1cccc(C(=O)OCc2ccc(Cl)nc2)c1O. The zero-order valence-corrected chi connectivity index (χ0v) is 11.4. The van der Waals surface area contributed by atoms with Gasteiger partial charge in [0, 0.05) is 11.8 Å². The quantitative estimate of drug-likeness (QED) is 0.693. The summed E-state index contributed by atoms with van der Waals surface area (Å²) in [5.41, 5.74) is 0.747. The van der Waals surface area contributed by atoms with Crippen LogP contribution in [0.25, 0.3) is 0 Å². The van der Waals surface area contributed by atoms with E-state index in [-0.39, 0.29) is 23.7 Å². The van der Waals surface area contributed by atoms with E-state index in [2.05, 4.69) is 4.98 Å². The number of esters is 1. The summed E-state index contributed by atoms with van der Waals surface area (Å²) in [5.74, 6) is -0.668. The van der Waals surface area contributed by atoms with Crippen LogP contribution < -0.4 is 4.74 Å². The van der Waals surface area contributed by atoms with Gasteiger partial charge in [0.15, 0.2) is 11.5 Å². The minimum Gasteiger partial charge on any atom is -0.504 e. The van der Waals surface area contributed by atoms with Crippen LogP contribution in [-0.2, 0) is 11.3 Å². The third-order valence-electron chi connectivity index (χ3n) is 2.60. The summed E-state index contributed by atoms with van der Waals surface area (Å²) in [6.45, 7) is 0.0413. The lowest BCUT2D eigenvalue weighted by Crippen LogP contribution is -2.06. The van der Waals surface area contributed by atoms with Crippen molar-refractivity contribution in [3.05, 3.63) is 52.8 Å². The van der Waals surface area contributed by atoms with Crippen molar-refractivity contribution in [2.75, 3.05) is 7.11 Å². The number of para-hydroxylation sites is 1. The third kappa shape index (κ3) is 3.19. The summed E-state index contributed by atoms with van der Waals surface area (Å²) < 4.78 is 10.0. The summed E-state index contributed by atoms with van der Waals surface area (Å²) in [4.78, 5) is 15.8. The molecule has 0 bridgehead atoms. The van der Waals surface area contributed by atoms with Crippen LogP contribution in [0.5, 0.6) is 11.5 Å². The number of nitrogens with zero attached hydrogens (tertiary/aromatic N) is 1. The van der Waals surface area contributed by atoms with Crippen LogP contribution in [0, 0.1) is 0 Å². The first-order chi connectivity index (χ1) is 9.61. The molecular weight excluding hydrogens is 282 g/mol. The van der Waals surface area contributed by atoms with Gasteiger partial charge in [0.1, 0.15) is 17.3 Å². The van der Waals surface area contributed by atoms with Gasteiger partial charge in [0.05, 0.1) is 7.11 Å². The van der Waals surface area contributed by atoms with Crippen LogP contribution in [0.1, 0.15) is 15.9 Å². The van der Waals surface area contributed by atoms with Gasteiger partial charge >= 0.3 is 5.97 Å². The van der Waals surface area contributed by atoms with E-state index in [0.29, 0.717) is 10.7 Å². The van der Waals surface area contributed by atoms with Gasteiger partial charge in [-0.25, -0.2) is 9.78 Å². The molecule has 2 aromatic rings. The molecule has 1 heterocycles. The minimum absolute atomic E-state index is 0.0413. The molecule has 0 amide bonds.